The normalized spacial score (nSPS) is 20.5. The number of fused-ring (bicyclic) bond motifs is 1. The maximum Gasteiger partial charge on any atom is 0.267 e. The number of carbonyl (C=O) groups excluding carboxylic acids is 1. The van der Waals surface area contributed by atoms with Gasteiger partial charge in [0.25, 0.3) is 5.91 Å². The summed E-state index contributed by atoms with van der Waals surface area (Å²) in [6.07, 6.45) is 7.69. The summed E-state index contributed by atoms with van der Waals surface area (Å²) in [4.78, 5) is 17.7. The number of amidine groups is 2. The second kappa shape index (κ2) is 4.37. The molecule has 2 aliphatic rings. The van der Waals surface area contributed by atoms with Crippen LogP contribution in [0.3, 0.4) is 0 Å². The highest BCUT2D eigenvalue weighted by atomic mass is 35.5. The zero-order valence-corrected chi connectivity index (χ0v) is 10.4. The molecule has 1 aromatic rings. The Kier molecular flexibility index (Phi) is 2.68. The molecule has 0 aromatic carbocycles. The second-order valence-electron chi connectivity index (χ2n) is 3.91. The van der Waals surface area contributed by atoms with Crippen molar-refractivity contribution in [2.45, 2.75) is 0 Å². The van der Waals surface area contributed by atoms with Crippen LogP contribution in [-0.2, 0) is 4.79 Å². The number of aliphatic imine (C=N–C) groups is 1. The van der Waals surface area contributed by atoms with Crippen LogP contribution in [0.15, 0.2) is 56.8 Å². The third-order valence-corrected chi connectivity index (χ3v) is 2.87. The van der Waals surface area contributed by atoms with Gasteiger partial charge in [0, 0.05) is 6.20 Å². The summed E-state index contributed by atoms with van der Waals surface area (Å²) in [5.74, 6) is 0.433. The number of hydrogen-bond donors (Lipinski definition) is 1. The molecule has 0 saturated heterocycles. The van der Waals surface area contributed by atoms with E-state index in [1.807, 2.05) is 0 Å². The van der Waals surface area contributed by atoms with Gasteiger partial charge in [0.15, 0.2) is 5.84 Å². The minimum Gasteiger partial charge on any atom is -0.465 e. The van der Waals surface area contributed by atoms with Crippen LogP contribution in [-0.4, -0.2) is 22.5 Å². The van der Waals surface area contributed by atoms with Gasteiger partial charge in [-0.15, -0.1) is 0 Å². The summed E-state index contributed by atoms with van der Waals surface area (Å²) in [5, 5.41) is 8.25. The van der Waals surface area contributed by atoms with Gasteiger partial charge in [0.1, 0.15) is 11.6 Å². The van der Waals surface area contributed by atoms with Crippen molar-refractivity contribution in [1.29, 1.82) is 5.41 Å². The Bertz CT molecular complexity index is 681. The maximum absolute atomic E-state index is 12.3. The summed E-state index contributed by atoms with van der Waals surface area (Å²) in [6, 6.07) is 3.41. The molecule has 94 valence electrons. The van der Waals surface area contributed by atoms with Crippen molar-refractivity contribution in [3.63, 3.8) is 0 Å². The van der Waals surface area contributed by atoms with Gasteiger partial charge >= 0.3 is 0 Å². The Morgan fingerprint density at radius 3 is 3.00 bits per heavy atom. The summed E-state index contributed by atoms with van der Waals surface area (Å²) in [5.41, 5.74) is 0.162. The number of nitrogens with zero attached hydrogens (tertiary/aromatic N) is 2. The lowest BCUT2D eigenvalue weighted by atomic mass is 10.1. The molecule has 0 saturated carbocycles. The van der Waals surface area contributed by atoms with Crippen LogP contribution >= 0.6 is 11.6 Å². The zero-order valence-electron chi connectivity index (χ0n) is 9.63. The molecular weight excluding hydrogens is 266 g/mol. The van der Waals surface area contributed by atoms with Crippen molar-refractivity contribution in [3.8, 4) is 0 Å². The fourth-order valence-corrected chi connectivity index (χ4v) is 1.93. The fourth-order valence-electron chi connectivity index (χ4n) is 1.77. The van der Waals surface area contributed by atoms with Crippen LogP contribution in [0.5, 0.6) is 0 Å². The van der Waals surface area contributed by atoms with E-state index in [0.717, 1.165) is 0 Å². The third kappa shape index (κ3) is 2.04. The standard InChI is InChI=1S/C13H8ClN3O2/c14-8-3-4-11-16-12(15)10(13(18)17(11)7-8)6-9-2-1-5-19-9/h1-7,15H/b10-6+,15-12?. The van der Waals surface area contributed by atoms with E-state index in [1.54, 1.807) is 24.3 Å². The Morgan fingerprint density at radius 1 is 1.42 bits per heavy atom. The van der Waals surface area contributed by atoms with Crippen molar-refractivity contribution in [1.82, 2.24) is 4.90 Å². The van der Waals surface area contributed by atoms with E-state index in [0.29, 0.717) is 16.6 Å². The third-order valence-electron chi connectivity index (χ3n) is 2.65. The molecule has 5 nitrogen and oxygen atoms in total. The Labute approximate surface area is 113 Å². The predicted molar refractivity (Wildman–Crippen MR) is 71.8 cm³/mol. The fraction of sp³-hybridized carbons (Fsp3) is 0. The van der Waals surface area contributed by atoms with Gasteiger partial charge in [-0.1, -0.05) is 11.6 Å². The van der Waals surface area contributed by atoms with Crippen molar-refractivity contribution in [3.05, 3.63) is 53.1 Å². The molecular formula is C13H8ClN3O2. The molecule has 2 aliphatic heterocycles. The van der Waals surface area contributed by atoms with Crippen molar-refractivity contribution >= 4 is 35.3 Å². The molecule has 0 spiro atoms. The first kappa shape index (κ1) is 11.7. The summed E-state index contributed by atoms with van der Waals surface area (Å²) >= 11 is 5.86. The first-order chi connectivity index (χ1) is 9.15. The quantitative estimate of drug-likeness (QED) is 0.799. The highest BCUT2D eigenvalue weighted by Gasteiger charge is 2.30. The molecule has 1 amide bonds. The van der Waals surface area contributed by atoms with Crippen molar-refractivity contribution in [2.75, 3.05) is 0 Å². The largest absolute Gasteiger partial charge is 0.465 e. The lowest BCUT2D eigenvalue weighted by Crippen LogP contribution is -2.39. The molecule has 19 heavy (non-hydrogen) atoms. The van der Waals surface area contributed by atoms with E-state index in [-0.39, 0.29) is 17.3 Å². The SMILES string of the molecule is N=C1N=C2C=CC(Cl)=CN2C(=O)/C1=C/c1ccco1. The van der Waals surface area contributed by atoms with Crippen LogP contribution in [0.4, 0.5) is 0 Å². The lowest BCUT2D eigenvalue weighted by Gasteiger charge is -2.26. The highest BCUT2D eigenvalue weighted by Crippen LogP contribution is 2.22. The number of amides is 1. The molecule has 0 aliphatic carbocycles. The minimum atomic E-state index is -0.353. The first-order valence-corrected chi connectivity index (χ1v) is 5.85. The Balaban J connectivity index is 2.06. The van der Waals surface area contributed by atoms with Crippen LogP contribution in [0.1, 0.15) is 5.76 Å². The molecule has 3 rings (SSSR count). The molecule has 0 radical (unpaired) electrons. The molecule has 0 atom stereocenters. The number of halogens is 1. The van der Waals surface area contributed by atoms with Crippen LogP contribution < -0.4 is 0 Å². The predicted octanol–water partition coefficient (Wildman–Crippen LogP) is 2.53. The number of furan rings is 1. The number of allylic oxidation sites excluding steroid dienone is 2. The van der Waals surface area contributed by atoms with Gasteiger partial charge in [-0.3, -0.25) is 15.1 Å². The van der Waals surface area contributed by atoms with E-state index >= 15 is 0 Å². The molecule has 0 unspecified atom stereocenters. The van der Waals surface area contributed by atoms with Gasteiger partial charge in [0.2, 0.25) is 0 Å². The molecule has 1 aromatic heterocycles. The number of nitrogens with one attached hydrogen (secondary N) is 1. The first-order valence-electron chi connectivity index (χ1n) is 5.47. The van der Waals surface area contributed by atoms with E-state index < -0.39 is 0 Å². The van der Waals surface area contributed by atoms with E-state index in [9.17, 15) is 4.79 Å². The Morgan fingerprint density at radius 2 is 2.26 bits per heavy atom. The van der Waals surface area contributed by atoms with Gasteiger partial charge in [0.05, 0.1) is 16.9 Å². The highest BCUT2D eigenvalue weighted by molar-refractivity contribution is 6.36. The smallest absolute Gasteiger partial charge is 0.267 e. The van der Waals surface area contributed by atoms with Gasteiger partial charge in [-0.05, 0) is 30.4 Å². The maximum atomic E-state index is 12.3. The van der Waals surface area contributed by atoms with Gasteiger partial charge in [-0.2, -0.15) is 0 Å². The number of carbonyl (C=O) groups is 1. The molecule has 6 heteroatoms. The van der Waals surface area contributed by atoms with E-state index in [2.05, 4.69) is 4.99 Å². The minimum absolute atomic E-state index is 0.0938. The second-order valence-corrected chi connectivity index (χ2v) is 4.35. The molecule has 3 heterocycles. The van der Waals surface area contributed by atoms with Gasteiger partial charge < -0.3 is 4.42 Å². The monoisotopic (exact) mass is 273 g/mol. The van der Waals surface area contributed by atoms with Crippen molar-refractivity contribution in [2.24, 2.45) is 4.99 Å². The summed E-state index contributed by atoms with van der Waals surface area (Å²) in [7, 11) is 0. The zero-order chi connectivity index (χ0) is 13.4. The van der Waals surface area contributed by atoms with Crippen LogP contribution in [0.2, 0.25) is 0 Å². The number of hydrogen-bond acceptors (Lipinski definition) is 3. The molecule has 1 N–H and O–H groups in total. The van der Waals surface area contributed by atoms with Crippen molar-refractivity contribution < 1.29 is 9.21 Å². The average Bonchev–Trinajstić information content (AvgIpc) is 2.89. The average molecular weight is 274 g/mol. The number of rotatable bonds is 1. The summed E-state index contributed by atoms with van der Waals surface area (Å²) < 4.78 is 5.14. The van der Waals surface area contributed by atoms with Crippen LogP contribution in [0, 0.1) is 5.41 Å². The topological polar surface area (TPSA) is 69.7 Å². The van der Waals surface area contributed by atoms with E-state index in [4.69, 9.17) is 21.4 Å². The van der Waals surface area contributed by atoms with Gasteiger partial charge in [-0.25, -0.2) is 4.99 Å². The molecule has 0 bridgehead atoms. The van der Waals surface area contributed by atoms with E-state index in [1.165, 1.54) is 23.4 Å². The summed E-state index contributed by atoms with van der Waals surface area (Å²) in [6.45, 7) is 0. The Hall–Kier alpha value is -2.40. The molecule has 0 fully saturated rings. The van der Waals surface area contributed by atoms with Crippen LogP contribution in [0.25, 0.3) is 6.08 Å². The lowest BCUT2D eigenvalue weighted by molar-refractivity contribution is -0.121.